The summed E-state index contributed by atoms with van der Waals surface area (Å²) in [5.74, 6) is 3.62. The van der Waals surface area contributed by atoms with Crippen molar-refractivity contribution >= 4 is 17.7 Å². The lowest BCUT2D eigenvalue weighted by Gasteiger charge is -2.34. The van der Waals surface area contributed by atoms with Gasteiger partial charge in [0.25, 0.3) is 0 Å². The number of piperidine rings is 1. The van der Waals surface area contributed by atoms with E-state index in [9.17, 15) is 4.79 Å². The van der Waals surface area contributed by atoms with Gasteiger partial charge in [-0.3, -0.25) is 4.79 Å². The predicted molar refractivity (Wildman–Crippen MR) is 73.3 cm³/mol. The summed E-state index contributed by atoms with van der Waals surface area (Å²) < 4.78 is 0. The molecule has 2 heterocycles. The van der Waals surface area contributed by atoms with Crippen LogP contribution in [0.3, 0.4) is 0 Å². The highest BCUT2D eigenvalue weighted by Gasteiger charge is 2.30. The molecule has 2 saturated heterocycles. The molecule has 0 aromatic rings. The number of amides is 1. The second-order valence-corrected chi connectivity index (χ2v) is 6.31. The van der Waals surface area contributed by atoms with Crippen molar-refractivity contribution in [2.24, 2.45) is 5.92 Å². The Balaban J connectivity index is 1.82. The highest BCUT2D eigenvalue weighted by atomic mass is 32.2. The van der Waals surface area contributed by atoms with Crippen LogP contribution >= 0.6 is 11.8 Å². The Labute approximate surface area is 109 Å². The fourth-order valence-electron chi connectivity index (χ4n) is 2.67. The normalized spacial score (nSPS) is 29.9. The number of hydrogen-bond acceptors (Lipinski definition) is 3. The van der Waals surface area contributed by atoms with Gasteiger partial charge < -0.3 is 10.2 Å². The van der Waals surface area contributed by atoms with Crippen LogP contribution in [0.25, 0.3) is 0 Å². The highest BCUT2D eigenvalue weighted by Crippen LogP contribution is 2.25. The summed E-state index contributed by atoms with van der Waals surface area (Å²) in [6, 6.07) is 0.0951. The first-order valence-electron chi connectivity index (χ1n) is 6.91. The van der Waals surface area contributed by atoms with Crippen LogP contribution in [0.2, 0.25) is 0 Å². The van der Waals surface area contributed by atoms with Crippen LogP contribution in [0.15, 0.2) is 0 Å². The van der Waals surface area contributed by atoms with Gasteiger partial charge >= 0.3 is 0 Å². The Morgan fingerprint density at radius 2 is 2.35 bits per heavy atom. The molecule has 4 heteroatoms. The van der Waals surface area contributed by atoms with E-state index in [1.165, 1.54) is 17.9 Å². The number of carbonyl (C=O) groups excluding carboxylic acids is 1. The molecule has 98 valence electrons. The summed E-state index contributed by atoms with van der Waals surface area (Å²) in [5.41, 5.74) is 0. The molecule has 2 rings (SSSR count). The van der Waals surface area contributed by atoms with Crippen LogP contribution in [0, 0.1) is 5.92 Å². The van der Waals surface area contributed by atoms with Crippen molar-refractivity contribution in [2.45, 2.75) is 38.6 Å². The molecule has 0 aliphatic carbocycles. The molecule has 0 spiro atoms. The van der Waals surface area contributed by atoms with Gasteiger partial charge in [0.2, 0.25) is 5.91 Å². The highest BCUT2D eigenvalue weighted by molar-refractivity contribution is 7.99. The van der Waals surface area contributed by atoms with Gasteiger partial charge in [-0.2, -0.15) is 11.8 Å². The number of carbonyl (C=O) groups is 1. The van der Waals surface area contributed by atoms with Crippen LogP contribution in [0.4, 0.5) is 0 Å². The van der Waals surface area contributed by atoms with Gasteiger partial charge in [0.1, 0.15) is 0 Å². The van der Waals surface area contributed by atoms with Gasteiger partial charge in [-0.25, -0.2) is 0 Å². The summed E-state index contributed by atoms with van der Waals surface area (Å²) in [6.07, 6.45) is 4.58. The first kappa shape index (κ1) is 13.2. The quantitative estimate of drug-likeness (QED) is 0.813. The van der Waals surface area contributed by atoms with Crippen LogP contribution in [-0.2, 0) is 4.79 Å². The molecule has 2 unspecified atom stereocenters. The van der Waals surface area contributed by atoms with Crippen LogP contribution < -0.4 is 5.32 Å². The van der Waals surface area contributed by atoms with Crippen molar-refractivity contribution < 1.29 is 4.79 Å². The molecule has 0 saturated carbocycles. The Hall–Kier alpha value is -0.220. The van der Waals surface area contributed by atoms with E-state index in [0.717, 1.165) is 44.8 Å². The third-order valence-electron chi connectivity index (χ3n) is 3.67. The van der Waals surface area contributed by atoms with Crippen LogP contribution in [0.1, 0.15) is 32.6 Å². The number of nitrogens with one attached hydrogen (secondary N) is 1. The summed E-state index contributed by atoms with van der Waals surface area (Å²) >= 11 is 2.03. The molecular formula is C13H24N2OS. The topological polar surface area (TPSA) is 32.3 Å². The monoisotopic (exact) mass is 256 g/mol. The van der Waals surface area contributed by atoms with E-state index in [-0.39, 0.29) is 6.04 Å². The average Bonchev–Trinajstić information content (AvgIpc) is 2.83. The van der Waals surface area contributed by atoms with Crippen molar-refractivity contribution in [1.29, 1.82) is 0 Å². The Kier molecular flexibility index (Phi) is 5.16. The lowest BCUT2D eigenvalue weighted by molar-refractivity contribution is -0.136. The van der Waals surface area contributed by atoms with Crippen molar-refractivity contribution in [3.63, 3.8) is 0 Å². The number of likely N-dealkylation sites (tertiary alicyclic amines) is 1. The Morgan fingerprint density at radius 3 is 3.06 bits per heavy atom. The molecule has 0 aromatic carbocycles. The lowest BCUT2D eigenvalue weighted by atomic mass is 10.0. The predicted octanol–water partition coefficient (Wildman–Crippen LogP) is 1.73. The third kappa shape index (κ3) is 3.62. The minimum Gasteiger partial charge on any atom is -0.341 e. The SMILES string of the molecule is CCCNC1CCCN(CC2CCSC2)C1=O. The summed E-state index contributed by atoms with van der Waals surface area (Å²) in [6.45, 7) is 5.08. The van der Waals surface area contributed by atoms with Crippen LogP contribution in [0.5, 0.6) is 0 Å². The molecule has 0 bridgehead atoms. The first-order chi connectivity index (χ1) is 8.31. The zero-order chi connectivity index (χ0) is 12.1. The standard InChI is InChI=1S/C13H24N2OS/c1-2-6-14-12-4-3-7-15(13(12)16)9-11-5-8-17-10-11/h11-12,14H,2-10H2,1H3. The van der Waals surface area contributed by atoms with E-state index in [0.29, 0.717) is 5.91 Å². The van der Waals surface area contributed by atoms with Crippen molar-refractivity contribution in [2.75, 3.05) is 31.1 Å². The van der Waals surface area contributed by atoms with Crippen molar-refractivity contribution in [3.8, 4) is 0 Å². The van der Waals surface area contributed by atoms with Gasteiger partial charge in [0.05, 0.1) is 6.04 Å². The minimum atomic E-state index is 0.0951. The average molecular weight is 256 g/mol. The largest absolute Gasteiger partial charge is 0.341 e. The first-order valence-corrected chi connectivity index (χ1v) is 8.06. The van der Waals surface area contributed by atoms with Crippen molar-refractivity contribution in [3.05, 3.63) is 0 Å². The fraction of sp³-hybridized carbons (Fsp3) is 0.923. The molecule has 3 nitrogen and oxygen atoms in total. The van der Waals surface area contributed by atoms with E-state index in [1.807, 2.05) is 11.8 Å². The number of hydrogen-bond donors (Lipinski definition) is 1. The van der Waals surface area contributed by atoms with E-state index >= 15 is 0 Å². The second kappa shape index (κ2) is 6.64. The maximum absolute atomic E-state index is 12.3. The molecule has 17 heavy (non-hydrogen) atoms. The van der Waals surface area contributed by atoms with Gasteiger partial charge in [-0.1, -0.05) is 6.92 Å². The molecule has 1 amide bonds. The van der Waals surface area contributed by atoms with E-state index in [1.54, 1.807) is 0 Å². The molecule has 0 radical (unpaired) electrons. The third-order valence-corrected chi connectivity index (χ3v) is 4.91. The van der Waals surface area contributed by atoms with E-state index in [2.05, 4.69) is 17.1 Å². The number of thioether (sulfide) groups is 1. The van der Waals surface area contributed by atoms with Gasteiger partial charge in [-0.05, 0) is 49.7 Å². The van der Waals surface area contributed by atoms with Gasteiger partial charge in [0, 0.05) is 13.1 Å². The van der Waals surface area contributed by atoms with E-state index in [4.69, 9.17) is 0 Å². The molecular weight excluding hydrogens is 232 g/mol. The second-order valence-electron chi connectivity index (χ2n) is 5.16. The van der Waals surface area contributed by atoms with Crippen molar-refractivity contribution in [1.82, 2.24) is 10.2 Å². The Morgan fingerprint density at radius 1 is 1.47 bits per heavy atom. The summed E-state index contributed by atoms with van der Waals surface area (Å²) in [5, 5.41) is 3.38. The number of nitrogens with zero attached hydrogens (tertiary/aromatic N) is 1. The van der Waals surface area contributed by atoms with Gasteiger partial charge in [0.15, 0.2) is 0 Å². The molecule has 1 N–H and O–H groups in total. The maximum Gasteiger partial charge on any atom is 0.239 e. The number of rotatable bonds is 5. The fourth-order valence-corrected chi connectivity index (χ4v) is 3.94. The summed E-state index contributed by atoms with van der Waals surface area (Å²) in [4.78, 5) is 14.4. The molecule has 0 aromatic heterocycles. The molecule has 2 fully saturated rings. The van der Waals surface area contributed by atoms with Gasteiger partial charge in [-0.15, -0.1) is 0 Å². The smallest absolute Gasteiger partial charge is 0.239 e. The summed E-state index contributed by atoms with van der Waals surface area (Å²) in [7, 11) is 0. The zero-order valence-corrected chi connectivity index (χ0v) is 11.6. The zero-order valence-electron chi connectivity index (χ0n) is 10.8. The molecule has 2 aliphatic rings. The van der Waals surface area contributed by atoms with E-state index < -0.39 is 0 Å². The molecule has 2 atom stereocenters. The maximum atomic E-state index is 12.3. The minimum absolute atomic E-state index is 0.0951. The lowest BCUT2D eigenvalue weighted by Crippen LogP contribution is -2.52. The van der Waals surface area contributed by atoms with Crippen LogP contribution in [-0.4, -0.2) is 48.0 Å². The Bertz CT molecular complexity index is 254. The molecule has 2 aliphatic heterocycles.